The van der Waals surface area contributed by atoms with Gasteiger partial charge in [-0.1, -0.05) is 44.0 Å². The van der Waals surface area contributed by atoms with Crippen molar-refractivity contribution in [1.82, 2.24) is 4.72 Å². The second kappa shape index (κ2) is 5.89. The molecule has 20 heavy (non-hydrogen) atoms. The molecule has 0 aromatic heterocycles. The molecule has 0 radical (unpaired) electrons. The molecule has 112 valence electrons. The van der Waals surface area contributed by atoms with Crippen LogP contribution in [0.3, 0.4) is 0 Å². The first-order valence-corrected chi connectivity index (χ1v) is 7.89. The van der Waals surface area contributed by atoms with Crippen molar-refractivity contribution in [3.05, 3.63) is 28.2 Å². The number of rotatable bonds is 4. The Balaban J connectivity index is 3.16. The average molecular weight is 340 g/mol. The molecule has 0 aliphatic carbocycles. The molecular formula is C12H15Cl2NO4S. The highest BCUT2D eigenvalue weighted by Crippen LogP contribution is 2.26. The Morgan fingerprint density at radius 1 is 1.25 bits per heavy atom. The van der Waals surface area contributed by atoms with Gasteiger partial charge in [-0.05, 0) is 23.6 Å². The summed E-state index contributed by atoms with van der Waals surface area (Å²) in [6, 6.07) is 2.51. The average Bonchev–Trinajstić information content (AvgIpc) is 2.27. The molecule has 0 aliphatic heterocycles. The Hall–Kier alpha value is -0.820. The molecule has 0 aliphatic rings. The standard InChI is InChI=1S/C12H15Cl2NO4S/c1-12(2,3)10(11(16)17)15-20(18,19)7-4-5-8(13)9(14)6-7/h4-6,10,15H,1-3H3,(H,16,17)/t10-/m0/s1. The quantitative estimate of drug-likeness (QED) is 0.883. The summed E-state index contributed by atoms with van der Waals surface area (Å²) in [6.07, 6.45) is 0. The zero-order valence-corrected chi connectivity index (χ0v) is 13.5. The lowest BCUT2D eigenvalue weighted by Crippen LogP contribution is -2.48. The van der Waals surface area contributed by atoms with E-state index in [1.807, 2.05) is 0 Å². The number of carboxylic acids is 1. The van der Waals surface area contributed by atoms with Crippen molar-refractivity contribution in [2.24, 2.45) is 5.41 Å². The van der Waals surface area contributed by atoms with Crippen LogP contribution < -0.4 is 4.72 Å². The van der Waals surface area contributed by atoms with Gasteiger partial charge in [-0.15, -0.1) is 0 Å². The highest BCUT2D eigenvalue weighted by atomic mass is 35.5. The van der Waals surface area contributed by atoms with E-state index in [1.54, 1.807) is 20.8 Å². The van der Waals surface area contributed by atoms with Gasteiger partial charge in [0.05, 0.1) is 14.9 Å². The van der Waals surface area contributed by atoms with Gasteiger partial charge in [-0.2, -0.15) is 4.72 Å². The van der Waals surface area contributed by atoms with Crippen LogP contribution in [0.4, 0.5) is 0 Å². The van der Waals surface area contributed by atoms with Gasteiger partial charge in [-0.25, -0.2) is 8.42 Å². The van der Waals surface area contributed by atoms with E-state index < -0.39 is 27.4 Å². The summed E-state index contributed by atoms with van der Waals surface area (Å²) in [7, 11) is -4.00. The molecule has 0 bridgehead atoms. The second-order valence-corrected chi connectivity index (χ2v) is 7.86. The first-order valence-electron chi connectivity index (χ1n) is 5.65. The minimum Gasteiger partial charge on any atom is -0.480 e. The molecule has 0 fully saturated rings. The van der Waals surface area contributed by atoms with Crippen LogP contribution >= 0.6 is 23.2 Å². The molecule has 0 spiro atoms. The van der Waals surface area contributed by atoms with Crippen molar-refractivity contribution in [2.45, 2.75) is 31.7 Å². The highest BCUT2D eigenvalue weighted by molar-refractivity contribution is 7.89. The molecule has 1 rings (SSSR count). The molecule has 0 amide bonds. The SMILES string of the molecule is CC(C)(C)[C@@H](NS(=O)(=O)c1ccc(Cl)c(Cl)c1)C(=O)O. The Morgan fingerprint density at radius 2 is 1.80 bits per heavy atom. The first kappa shape index (κ1) is 17.2. The Kier molecular flexibility index (Phi) is 5.08. The number of sulfonamides is 1. The number of hydrogen-bond donors (Lipinski definition) is 2. The van der Waals surface area contributed by atoms with Crippen LogP contribution in [0, 0.1) is 5.41 Å². The van der Waals surface area contributed by atoms with Crippen LogP contribution in [0.25, 0.3) is 0 Å². The van der Waals surface area contributed by atoms with Crippen molar-refractivity contribution >= 4 is 39.2 Å². The third-order valence-electron chi connectivity index (χ3n) is 2.59. The monoisotopic (exact) mass is 339 g/mol. The fourth-order valence-corrected chi connectivity index (χ4v) is 3.25. The summed E-state index contributed by atoms with van der Waals surface area (Å²) in [4.78, 5) is 11.1. The molecule has 1 aromatic rings. The van der Waals surface area contributed by atoms with E-state index in [1.165, 1.54) is 18.2 Å². The number of benzene rings is 1. The molecule has 2 N–H and O–H groups in total. The molecule has 1 atom stereocenters. The van der Waals surface area contributed by atoms with E-state index in [-0.39, 0.29) is 14.9 Å². The number of nitrogens with one attached hydrogen (secondary N) is 1. The Labute approximate surface area is 127 Å². The van der Waals surface area contributed by atoms with Crippen molar-refractivity contribution in [3.63, 3.8) is 0 Å². The fourth-order valence-electron chi connectivity index (χ4n) is 1.46. The van der Waals surface area contributed by atoms with Gasteiger partial charge >= 0.3 is 5.97 Å². The van der Waals surface area contributed by atoms with E-state index in [0.29, 0.717) is 0 Å². The molecule has 5 nitrogen and oxygen atoms in total. The van der Waals surface area contributed by atoms with Crippen molar-refractivity contribution in [3.8, 4) is 0 Å². The van der Waals surface area contributed by atoms with Gasteiger partial charge in [0.1, 0.15) is 6.04 Å². The smallest absolute Gasteiger partial charge is 0.322 e. The van der Waals surface area contributed by atoms with Gasteiger partial charge in [0.25, 0.3) is 0 Å². The van der Waals surface area contributed by atoms with Gasteiger partial charge in [-0.3, -0.25) is 4.79 Å². The highest BCUT2D eigenvalue weighted by Gasteiger charge is 2.35. The predicted octanol–water partition coefficient (Wildman–Crippen LogP) is 2.77. The maximum atomic E-state index is 12.2. The summed E-state index contributed by atoms with van der Waals surface area (Å²) >= 11 is 11.5. The minimum absolute atomic E-state index is 0.0807. The maximum Gasteiger partial charge on any atom is 0.322 e. The van der Waals surface area contributed by atoms with Crippen molar-refractivity contribution in [1.29, 1.82) is 0 Å². The molecule has 1 aromatic carbocycles. The number of aliphatic carboxylic acids is 1. The van der Waals surface area contributed by atoms with Crippen LogP contribution in [0.15, 0.2) is 23.1 Å². The van der Waals surface area contributed by atoms with Gasteiger partial charge in [0, 0.05) is 0 Å². The third kappa shape index (κ3) is 4.09. The van der Waals surface area contributed by atoms with Crippen LogP contribution in [0.5, 0.6) is 0 Å². The molecule has 8 heteroatoms. The summed E-state index contributed by atoms with van der Waals surface area (Å²) < 4.78 is 26.5. The maximum absolute atomic E-state index is 12.2. The van der Waals surface area contributed by atoms with Crippen LogP contribution in [-0.2, 0) is 14.8 Å². The van der Waals surface area contributed by atoms with E-state index in [4.69, 9.17) is 28.3 Å². The van der Waals surface area contributed by atoms with Gasteiger partial charge in [0.2, 0.25) is 10.0 Å². The summed E-state index contributed by atoms with van der Waals surface area (Å²) in [6.45, 7) is 4.88. The molecule has 0 unspecified atom stereocenters. The topological polar surface area (TPSA) is 83.5 Å². The summed E-state index contributed by atoms with van der Waals surface area (Å²) in [5, 5.41) is 9.44. The summed E-state index contributed by atoms with van der Waals surface area (Å²) in [5.74, 6) is -1.25. The Morgan fingerprint density at radius 3 is 2.20 bits per heavy atom. The molecule has 0 heterocycles. The minimum atomic E-state index is -4.00. The number of halogens is 2. The Bertz CT molecular complexity index is 623. The van der Waals surface area contributed by atoms with Gasteiger partial charge < -0.3 is 5.11 Å². The first-order chi connectivity index (χ1) is 8.95. The third-order valence-corrected chi connectivity index (χ3v) is 4.75. The second-order valence-electron chi connectivity index (χ2n) is 5.33. The van der Waals surface area contributed by atoms with E-state index in [9.17, 15) is 13.2 Å². The zero-order chi connectivity index (χ0) is 15.7. The lowest BCUT2D eigenvalue weighted by Gasteiger charge is -2.27. The van der Waals surface area contributed by atoms with E-state index in [2.05, 4.69) is 4.72 Å². The fraction of sp³-hybridized carbons (Fsp3) is 0.417. The van der Waals surface area contributed by atoms with E-state index >= 15 is 0 Å². The summed E-state index contributed by atoms with van der Waals surface area (Å²) in [5.41, 5.74) is -0.783. The number of hydrogen-bond acceptors (Lipinski definition) is 3. The van der Waals surface area contributed by atoms with Gasteiger partial charge in [0.15, 0.2) is 0 Å². The van der Waals surface area contributed by atoms with Crippen LogP contribution in [0.1, 0.15) is 20.8 Å². The normalized spacial score (nSPS) is 14.1. The molecule has 0 saturated carbocycles. The van der Waals surface area contributed by atoms with Crippen LogP contribution in [-0.4, -0.2) is 25.5 Å². The predicted molar refractivity (Wildman–Crippen MR) is 77.7 cm³/mol. The lowest BCUT2D eigenvalue weighted by molar-refractivity contribution is -0.141. The van der Waals surface area contributed by atoms with Crippen molar-refractivity contribution < 1.29 is 18.3 Å². The molecule has 0 saturated heterocycles. The van der Waals surface area contributed by atoms with Crippen molar-refractivity contribution in [2.75, 3.05) is 0 Å². The molecular weight excluding hydrogens is 325 g/mol. The number of carbonyl (C=O) groups is 1. The zero-order valence-electron chi connectivity index (χ0n) is 11.1. The largest absolute Gasteiger partial charge is 0.480 e. The number of carboxylic acid groups (broad SMARTS) is 1. The van der Waals surface area contributed by atoms with E-state index in [0.717, 1.165) is 0 Å². The lowest BCUT2D eigenvalue weighted by atomic mass is 9.88. The van der Waals surface area contributed by atoms with Crippen LogP contribution in [0.2, 0.25) is 10.0 Å².